The predicted octanol–water partition coefficient (Wildman–Crippen LogP) is 5.65. The Hall–Kier alpha value is -0.620. The lowest BCUT2D eigenvalue weighted by molar-refractivity contribution is -0.0721. The first-order chi connectivity index (χ1) is 15.2. The van der Waals surface area contributed by atoms with Crippen LogP contribution in [0.4, 0.5) is 0 Å². The van der Waals surface area contributed by atoms with Crippen LogP contribution in [-0.4, -0.2) is 52.9 Å². The van der Waals surface area contributed by atoms with Crippen molar-refractivity contribution >= 4 is 0 Å². The first-order valence-electron chi connectivity index (χ1n) is 13.1. The van der Waals surface area contributed by atoms with Crippen molar-refractivity contribution < 1.29 is 24.8 Å². The third-order valence-electron chi connectivity index (χ3n) is 6.29. The Bertz CT molecular complexity index is 415. The van der Waals surface area contributed by atoms with Gasteiger partial charge in [0.1, 0.15) is 18.3 Å². The highest BCUT2D eigenvalue weighted by molar-refractivity contribution is 4.91. The van der Waals surface area contributed by atoms with E-state index in [9.17, 15) is 10.2 Å². The van der Waals surface area contributed by atoms with Gasteiger partial charge in [-0.15, -0.1) is 0 Å². The van der Waals surface area contributed by atoms with Crippen LogP contribution in [-0.2, 0) is 9.47 Å². The van der Waals surface area contributed by atoms with Gasteiger partial charge in [0.25, 0.3) is 0 Å². The number of hydrogen-bond acceptors (Lipinski definition) is 5. The van der Waals surface area contributed by atoms with Crippen molar-refractivity contribution in [2.75, 3.05) is 13.2 Å². The highest BCUT2D eigenvalue weighted by atomic mass is 16.6. The molecule has 0 radical (unpaired) electrons. The molecule has 1 aliphatic heterocycles. The summed E-state index contributed by atoms with van der Waals surface area (Å²) in [5, 5.41) is 28.6. The molecule has 0 unspecified atom stereocenters. The molecule has 184 valence electrons. The number of ether oxygens (including phenoxy) is 2. The normalized spacial score (nSPS) is 22.4. The minimum atomic E-state index is -1.03. The maximum absolute atomic E-state index is 9.88. The molecule has 1 heterocycles. The number of allylic oxidation sites excluding steroid dienone is 1. The summed E-state index contributed by atoms with van der Waals surface area (Å²) in [5.74, 6) is 0. The summed E-state index contributed by atoms with van der Waals surface area (Å²) in [7, 11) is 0. The van der Waals surface area contributed by atoms with Crippen molar-refractivity contribution in [2.45, 2.75) is 140 Å². The van der Waals surface area contributed by atoms with E-state index in [1.165, 1.54) is 96.3 Å². The van der Waals surface area contributed by atoms with E-state index in [2.05, 4.69) is 6.92 Å². The molecule has 0 spiro atoms. The summed E-state index contributed by atoms with van der Waals surface area (Å²) >= 11 is 0. The Morgan fingerprint density at radius 1 is 0.839 bits per heavy atom. The van der Waals surface area contributed by atoms with E-state index in [0.717, 1.165) is 12.8 Å². The quantitative estimate of drug-likeness (QED) is 0.158. The molecule has 0 bridgehead atoms. The topological polar surface area (TPSA) is 79.2 Å². The fraction of sp³-hybridized carbons (Fsp3) is 0.923. The molecule has 5 nitrogen and oxygen atoms in total. The van der Waals surface area contributed by atoms with Crippen molar-refractivity contribution in [3.05, 3.63) is 12.3 Å². The molecule has 0 aromatic rings. The van der Waals surface area contributed by atoms with E-state index in [1.807, 2.05) is 6.08 Å². The van der Waals surface area contributed by atoms with Crippen molar-refractivity contribution in [2.24, 2.45) is 0 Å². The first kappa shape index (κ1) is 28.4. The number of rotatable bonds is 21. The molecule has 1 fully saturated rings. The summed E-state index contributed by atoms with van der Waals surface area (Å²) in [5.41, 5.74) is 0. The average Bonchev–Trinajstić information content (AvgIpc) is 3.15. The number of unbranched alkanes of at least 4 members (excludes halogenated alkanes) is 16. The van der Waals surface area contributed by atoms with Crippen molar-refractivity contribution in [1.29, 1.82) is 0 Å². The molecular formula is C26H50O5. The van der Waals surface area contributed by atoms with Gasteiger partial charge >= 0.3 is 0 Å². The molecule has 31 heavy (non-hydrogen) atoms. The molecule has 1 rings (SSSR count). The lowest BCUT2D eigenvalue weighted by Gasteiger charge is -2.22. The third-order valence-corrected chi connectivity index (χ3v) is 6.29. The number of aliphatic hydroxyl groups excluding tert-OH is 3. The lowest BCUT2D eigenvalue weighted by Crippen LogP contribution is -2.41. The first-order valence-corrected chi connectivity index (χ1v) is 13.1. The molecule has 3 N–H and O–H groups in total. The van der Waals surface area contributed by atoms with Crippen LogP contribution in [0.5, 0.6) is 0 Å². The maximum Gasteiger partial charge on any atom is 0.154 e. The van der Waals surface area contributed by atoms with E-state index in [-0.39, 0.29) is 6.61 Å². The predicted molar refractivity (Wildman–Crippen MR) is 127 cm³/mol. The number of hydrogen-bond donors (Lipinski definition) is 3. The largest absolute Gasteiger partial charge is 0.493 e. The lowest BCUT2D eigenvalue weighted by atomic mass is 10.0. The Morgan fingerprint density at radius 3 is 1.81 bits per heavy atom. The third kappa shape index (κ3) is 14.2. The van der Waals surface area contributed by atoms with Crippen molar-refractivity contribution in [3.63, 3.8) is 0 Å². The van der Waals surface area contributed by atoms with Crippen LogP contribution >= 0.6 is 0 Å². The maximum atomic E-state index is 9.88. The summed E-state index contributed by atoms with van der Waals surface area (Å²) in [6.45, 7) is 2.00. The Kier molecular flexibility index (Phi) is 18.3. The smallest absolute Gasteiger partial charge is 0.154 e. The van der Waals surface area contributed by atoms with E-state index >= 15 is 0 Å². The Morgan fingerprint density at radius 2 is 1.32 bits per heavy atom. The summed E-state index contributed by atoms with van der Waals surface area (Å²) in [4.78, 5) is 0. The fourth-order valence-corrected chi connectivity index (χ4v) is 4.24. The highest BCUT2D eigenvalue weighted by Crippen LogP contribution is 2.21. The minimum Gasteiger partial charge on any atom is -0.493 e. The minimum absolute atomic E-state index is 0.124. The van der Waals surface area contributed by atoms with Crippen molar-refractivity contribution in [1.82, 2.24) is 0 Å². The summed E-state index contributed by atoms with van der Waals surface area (Å²) in [6.07, 6.45) is 23.3. The Balaban J connectivity index is 1.84. The molecule has 0 amide bonds. The van der Waals surface area contributed by atoms with Gasteiger partial charge in [0.05, 0.1) is 19.5 Å². The van der Waals surface area contributed by atoms with Crippen LogP contribution in [0.15, 0.2) is 12.3 Å². The van der Waals surface area contributed by atoms with Crippen LogP contribution in [0, 0.1) is 0 Å². The second kappa shape index (κ2) is 20.0. The number of aliphatic hydroxyl groups is 3. The molecule has 0 aliphatic carbocycles. The van der Waals surface area contributed by atoms with Crippen LogP contribution < -0.4 is 0 Å². The fourth-order valence-electron chi connectivity index (χ4n) is 4.24. The molecular weight excluding hydrogens is 392 g/mol. The summed E-state index contributed by atoms with van der Waals surface area (Å²) < 4.78 is 10.9. The van der Waals surface area contributed by atoms with E-state index in [1.54, 1.807) is 6.26 Å². The summed E-state index contributed by atoms with van der Waals surface area (Å²) in [6, 6.07) is 0. The van der Waals surface area contributed by atoms with Gasteiger partial charge in [-0.2, -0.15) is 0 Å². The zero-order valence-corrected chi connectivity index (χ0v) is 20.1. The van der Waals surface area contributed by atoms with E-state index in [0.29, 0.717) is 0 Å². The SMILES string of the molecule is CCCCCCCCCCCCCCCCCC/C=C/O[C@H]1[C@@H]([C@@H](O)CO)OC[C@H]1O. The van der Waals surface area contributed by atoms with Gasteiger partial charge in [-0.05, 0) is 18.9 Å². The van der Waals surface area contributed by atoms with Crippen LogP contribution in [0.3, 0.4) is 0 Å². The monoisotopic (exact) mass is 442 g/mol. The average molecular weight is 443 g/mol. The molecule has 4 atom stereocenters. The molecule has 5 heteroatoms. The molecule has 1 saturated heterocycles. The van der Waals surface area contributed by atoms with Crippen LogP contribution in [0.25, 0.3) is 0 Å². The van der Waals surface area contributed by atoms with E-state index in [4.69, 9.17) is 14.6 Å². The molecule has 1 aliphatic rings. The van der Waals surface area contributed by atoms with Gasteiger partial charge < -0.3 is 24.8 Å². The van der Waals surface area contributed by atoms with Gasteiger partial charge in [0, 0.05) is 0 Å². The molecule has 0 saturated carbocycles. The zero-order valence-electron chi connectivity index (χ0n) is 20.1. The highest BCUT2D eigenvalue weighted by Gasteiger charge is 2.41. The van der Waals surface area contributed by atoms with Gasteiger partial charge in [-0.3, -0.25) is 0 Å². The van der Waals surface area contributed by atoms with Gasteiger partial charge in [0.2, 0.25) is 0 Å². The van der Waals surface area contributed by atoms with Crippen molar-refractivity contribution in [3.8, 4) is 0 Å². The molecule has 0 aromatic carbocycles. The van der Waals surface area contributed by atoms with Gasteiger partial charge in [-0.25, -0.2) is 0 Å². The van der Waals surface area contributed by atoms with Crippen LogP contribution in [0.1, 0.15) is 116 Å². The molecule has 0 aromatic heterocycles. The second-order valence-corrected chi connectivity index (χ2v) is 9.18. The second-order valence-electron chi connectivity index (χ2n) is 9.18. The zero-order chi connectivity index (χ0) is 22.6. The Labute approximate surface area is 191 Å². The van der Waals surface area contributed by atoms with E-state index < -0.39 is 31.0 Å². The van der Waals surface area contributed by atoms with Gasteiger partial charge in [0.15, 0.2) is 6.10 Å². The van der Waals surface area contributed by atoms with Crippen LogP contribution in [0.2, 0.25) is 0 Å². The van der Waals surface area contributed by atoms with Gasteiger partial charge in [-0.1, -0.05) is 103 Å². The standard InChI is InChI=1S/C26H50O5/c1-2-3-4-5-6-7-8-9-10-11-12-13-14-15-16-17-18-19-20-30-26-24(29)22-31-25(26)23(28)21-27/h19-20,23-29H,2-18,21-22H2,1H3/b20-19+/t23-,24+,25+,26+/m0/s1.